The zero-order valence-electron chi connectivity index (χ0n) is 19.5. The zero-order valence-corrected chi connectivity index (χ0v) is 20.3. The molecular weight excluding hydrogens is 424 g/mol. The summed E-state index contributed by atoms with van der Waals surface area (Å²) in [6.45, 7) is 6.48. The van der Waals surface area contributed by atoms with Gasteiger partial charge in [-0.05, 0) is 64.6 Å². The fraction of sp³-hybridized carbons (Fsp3) is 0.583. The quantitative estimate of drug-likeness (QED) is 0.720. The minimum atomic E-state index is -2.97. The molecule has 1 aliphatic heterocycles. The summed E-state index contributed by atoms with van der Waals surface area (Å²) in [6.07, 6.45) is 3.74. The second-order valence-corrected chi connectivity index (χ2v) is 11.6. The van der Waals surface area contributed by atoms with Crippen LogP contribution in [-0.2, 0) is 27.6 Å². The SMILES string of the molecule is Cc1nn([C@@H]2CCS(=O)(=O)C2)c(C)c1CN(C)[C@H](C)C(=O)N[C@H]1CCCc2ccccc21. The van der Waals surface area contributed by atoms with Gasteiger partial charge in [0.25, 0.3) is 0 Å². The van der Waals surface area contributed by atoms with Gasteiger partial charge < -0.3 is 5.32 Å². The Morgan fingerprint density at radius 2 is 2.03 bits per heavy atom. The third-order valence-electron chi connectivity index (χ3n) is 7.16. The number of sulfone groups is 1. The van der Waals surface area contributed by atoms with E-state index in [1.807, 2.05) is 43.5 Å². The van der Waals surface area contributed by atoms with Gasteiger partial charge in [0.15, 0.2) is 9.84 Å². The molecule has 174 valence electrons. The molecule has 0 spiro atoms. The van der Waals surface area contributed by atoms with Crippen LogP contribution in [0, 0.1) is 13.8 Å². The Morgan fingerprint density at radius 1 is 1.28 bits per heavy atom. The van der Waals surface area contributed by atoms with Crippen molar-refractivity contribution in [1.29, 1.82) is 0 Å². The Morgan fingerprint density at radius 3 is 2.75 bits per heavy atom. The van der Waals surface area contributed by atoms with Gasteiger partial charge in [-0.25, -0.2) is 8.42 Å². The average molecular weight is 459 g/mol. The van der Waals surface area contributed by atoms with Crippen LogP contribution in [0.2, 0.25) is 0 Å². The minimum Gasteiger partial charge on any atom is -0.348 e. The van der Waals surface area contributed by atoms with Crippen LogP contribution in [0.3, 0.4) is 0 Å². The Hall–Kier alpha value is -2.19. The van der Waals surface area contributed by atoms with Crippen molar-refractivity contribution in [3.63, 3.8) is 0 Å². The number of hydrogen-bond donors (Lipinski definition) is 1. The molecule has 0 bridgehead atoms. The van der Waals surface area contributed by atoms with Crippen molar-refractivity contribution in [3.05, 3.63) is 52.3 Å². The number of carbonyl (C=O) groups excluding carboxylic acids is 1. The molecule has 8 heteroatoms. The molecule has 1 saturated heterocycles. The van der Waals surface area contributed by atoms with Crippen molar-refractivity contribution >= 4 is 15.7 Å². The van der Waals surface area contributed by atoms with E-state index in [9.17, 15) is 13.2 Å². The molecule has 1 aliphatic carbocycles. The van der Waals surface area contributed by atoms with E-state index in [1.54, 1.807) is 0 Å². The van der Waals surface area contributed by atoms with Crippen LogP contribution in [0.25, 0.3) is 0 Å². The summed E-state index contributed by atoms with van der Waals surface area (Å²) in [5.74, 6) is 0.414. The van der Waals surface area contributed by atoms with Gasteiger partial charge in [0.1, 0.15) is 0 Å². The summed E-state index contributed by atoms with van der Waals surface area (Å²) in [6, 6.07) is 8.06. The van der Waals surface area contributed by atoms with Crippen molar-refractivity contribution in [2.45, 2.75) is 71.1 Å². The van der Waals surface area contributed by atoms with Crippen LogP contribution >= 0.6 is 0 Å². The van der Waals surface area contributed by atoms with Crippen molar-refractivity contribution in [2.75, 3.05) is 18.6 Å². The highest BCUT2D eigenvalue weighted by molar-refractivity contribution is 7.91. The number of aryl methyl sites for hydroxylation is 2. The molecule has 2 heterocycles. The molecule has 1 amide bonds. The smallest absolute Gasteiger partial charge is 0.237 e. The lowest BCUT2D eigenvalue weighted by atomic mass is 9.87. The molecular formula is C24H34N4O3S. The Bertz CT molecular complexity index is 1110. The van der Waals surface area contributed by atoms with Gasteiger partial charge in [-0.15, -0.1) is 0 Å². The molecule has 0 radical (unpaired) electrons. The summed E-state index contributed by atoms with van der Waals surface area (Å²) < 4.78 is 25.7. The molecule has 0 unspecified atom stereocenters. The topological polar surface area (TPSA) is 84.3 Å². The first-order chi connectivity index (χ1) is 15.2. The largest absolute Gasteiger partial charge is 0.348 e. The van der Waals surface area contributed by atoms with Crippen LogP contribution in [0.4, 0.5) is 0 Å². The van der Waals surface area contributed by atoms with Gasteiger partial charge in [-0.3, -0.25) is 14.4 Å². The number of likely N-dealkylation sites (N-methyl/N-ethyl adjacent to an activating group) is 1. The summed E-state index contributed by atoms with van der Waals surface area (Å²) >= 11 is 0. The van der Waals surface area contributed by atoms with E-state index < -0.39 is 9.84 Å². The third kappa shape index (κ3) is 4.62. The zero-order chi connectivity index (χ0) is 23.0. The first-order valence-corrected chi connectivity index (χ1v) is 13.3. The molecule has 32 heavy (non-hydrogen) atoms. The second kappa shape index (κ2) is 8.98. The maximum atomic E-state index is 13.1. The molecule has 3 atom stereocenters. The lowest BCUT2D eigenvalue weighted by Gasteiger charge is -2.30. The molecule has 1 fully saturated rings. The maximum Gasteiger partial charge on any atom is 0.237 e. The van der Waals surface area contributed by atoms with Crippen LogP contribution < -0.4 is 5.32 Å². The van der Waals surface area contributed by atoms with Crippen LogP contribution in [0.15, 0.2) is 24.3 Å². The summed E-state index contributed by atoms with van der Waals surface area (Å²) in [4.78, 5) is 15.1. The Kier molecular flexibility index (Phi) is 6.45. The molecule has 1 aromatic heterocycles. The van der Waals surface area contributed by atoms with Crippen LogP contribution in [0.5, 0.6) is 0 Å². The molecule has 0 saturated carbocycles. The number of nitrogens with zero attached hydrogens (tertiary/aromatic N) is 3. The van der Waals surface area contributed by atoms with Gasteiger partial charge in [-0.2, -0.15) is 5.10 Å². The third-order valence-corrected chi connectivity index (χ3v) is 8.91. The van der Waals surface area contributed by atoms with Crippen molar-refractivity contribution in [2.24, 2.45) is 0 Å². The number of nitrogens with one attached hydrogen (secondary N) is 1. The van der Waals surface area contributed by atoms with Gasteiger partial charge in [0.05, 0.1) is 35.3 Å². The van der Waals surface area contributed by atoms with Gasteiger partial charge in [0.2, 0.25) is 5.91 Å². The summed E-state index contributed by atoms with van der Waals surface area (Å²) in [7, 11) is -1.02. The highest BCUT2D eigenvalue weighted by atomic mass is 32.2. The number of hydrogen-bond acceptors (Lipinski definition) is 5. The van der Waals surface area contributed by atoms with E-state index in [0.29, 0.717) is 13.0 Å². The van der Waals surface area contributed by atoms with Crippen LogP contribution in [-0.4, -0.2) is 53.6 Å². The predicted molar refractivity (Wildman–Crippen MR) is 125 cm³/mol. The molecule has 2 aromatic rings. The fourth-order valence-corrected chi connectivity index (χ4v) is 6.72. The number of benzene rings is 1. The molecule has 4 rings (SSSR count). The molecule has 7 nitrogen and oxygen atoms in total. The van der Waals surface area contributed by atoms with Crippen molar-refractivity contribution < 1.29 is 13.2 Å². The van der Waals surface area contributed by atoms with E-state index >= 15 is 0 Å². The van der Waals surface area contributed by atoms with E-state index in [2.05, 4.69) is 28.6 Å². The van der Waals surface area contributed by atoms with E-state index in [4.69, 9.17) is 0 Å². The fourth-order valence-electron chi connectivity index (χ4n) is 5.03. The monoisotopic (exact) mass is 458 g/mol. The average Bonchev–Trinajstić information content (AvgIpc) is 3.26. The molecule has 2 aliphatic rings. The number of fused-ring (bicyclic) bond motifs is 1. The normalized spacial score (nSPS) is 23.2. The van der Waals surface area contributed by atoms with Crippen LogP contribution in [0.1, 0.15) is 66.3 Å². The van der Waals surface area contributed by atoms with E-state index in [0.717, 1.165) is 36.2 Å². The Labute approximate surface area is 191 Å². The molecule has 1 N–H and O–H groups in total. The Balaban J connectivity index is 1.43. The summed E-state index contributed by atoms with van der Waals surface area (Å²) in [5, 5.41) is 7.92. The van der Waals surface area contributed by atoms with Gasteiger partial charge in [-0.1, -0.05) is 24.3 Å². The van der Waals surface area contributed by atoms with Crippen molar-refractivity contribution in [1.82, 2.24) is 20.0 Å². The molecule has 1 aromatic carbocycles. The second-order valence-electron chi connectivity index (χ2n) is 9.39. The van der Waals surface area contributed by atoms with Gasteiger partial charge in [0, 0.05) is 17.8 Å². The highest BCUT2D eigenvalue weighted by Crippen LogP contribution is 2.30. The first-order valence-electron chi connectivity index (χ1n) is 11.5. The maximum absolute atomic E-state index is 13.1. The first kappa shape index (κ1) is 23.0. The minimum absolute atomic E-state index is 0.0267. The summed E-state index contributed by atoms with van der Waals surface area (Å²) in [5.41, 5.74) is 5.52. The van der Waals surface area contributed by atoms with Gasteiger partial charge >= 0.3 is 0 Å². The van der Waals surface area contributed by atoms with E-state index in [-0.39, 0.29) is 35.5 Å². The number of rotatable bonds is 6. The lowest BCUT2D eigenvalue weighted by Crippen LogP contribution is -2.44. The number of amides is 1. The predicted octanol–water partition coefficient (Wildman–Crippen LogP) is 2.87. The lowest BCUT2D eigenvalue weighted by molar-refractivity contribution is -0.126. The number of aromatic nitrogens is 2. The standard InChI is InChI=1S/C24H34N4O3S/c1-16-22(17(2)28(26-16)20-12-13-32(30,31)15-20)14-27(4)18(3)24(29)25-23-11-7-9-19-8-5-6-10-21(19)23/h5-6,8,10,18,20,23H,7,9,11-15H2,1-4H3,(H,25,29)/t18-,20-,23+/m1/s1. The van der Waals surface area contributed by atoms with E-state index in [1.165, 1.54) is 11.1 Å². The van der Waals surface area contributed by atoms with Crippen molar-refractivity contribution in [3.8, 4) is 0 Å². The highest BCUT2D eigenvalue weighted by Gasteiger charge is 2.32. The number of carbonyl (C=O) groups is 1.